The lowest BCUT2D eigenvalue weighted by Gasteiger charge is -2.02. The number of pyridine rings is 1. The van der Waals surface area contributed by atoms with Crippen molar-refractivity contribution >= 4 is 18.5 Å². The highest BCUT2D eigenvalue weighted by Gasteiger charge is 1.96. The van der Waals surface area contributed by atoms with Crippen molar-refractivity contribution in [3.8, 4) is 5.75 Å². The van der Waals surface area contributed by atoms with Crippen LogP contribution in [0.25, 0.3) is 10.8 Å². The van der Waals surface area contributed by atoms with E-state index in [4.69, 9.17) is 9.68 Å². The maximum absolute atomic E-state index is 8.55. The quantitative estimate of drug-likeness (QED) is 0.685. The van der Waals surface area contributed by atoms with Crippen LogP contribution in [0.1, 0.15) is 0 Å². The Hall–Kier alpha value is -1.55. The average molecular weight is 173 g/mol. The summed E-state index contributed by atoms with van der Waals surface area (Å²) in [5.74, 6) is 0.656. The van der Waals surface area contributed by atoms with Crippen LogP contribution in [0.2, 0.25) is 0 Å². The number of hydrogen-bond donors (Lipinski definition) is 1. The van der Waals surface area contributed by atoms with E-state index < -0.39 is 0 Å². The molecule has 0 saturated carbocycles. The molecule has 0 fully saturated rings. The number of aromatic nitrogens is 1. The first-order chi connectivity index (χ1) is 6.40. The highest BCUT2D eigenvalue weighted by Crippen LogP contribution is 2.18. The molecule has 0 aliphatic carbocycles. The maximum atomic E-state index is 8.55. The molecule has 1 heterocycles. The molecule has 0 bridgehead atoms. The van der Waals surface area contributed by atoms with Crippen molar-refractivity contribution in [1.29, 1.82) is 0 Å². The molecule has 0 aliphatic rings. The van der Waals surface area contributed by atoms with Crippen LogP contribution in [0.15, 0.2) is 36.7 Å². The van der Waals surface area contributed by atoms with Gasteiger partial charge in [-0.3, -0.25) is 4.98 Å². The number of fused-ring (bicyclic) bond motifs is 1. The maximum Gasteiger partial charge on any atom is 0.504 e. The zero-order valence-corrected chi connectivity index (χ0v) is 6.97. The van der Waals surface area contributed by atoms with Gasteiger partial charge >= 0.3 is 7.69 Å². The molecule has 4 heteroatoms. The molecule has 2 rings (SSSR count). The number of hydrogen-bond acceptors (Lipinski definition) is 3. The van der Waals surface area contributed by atoms with E-state index >= 15 is 0 Å². The van der Waals surface area contributed by atoms with Gasteiger partial charge in [0, 0.05) is 17.8 Å². The van der Waals surface area contributed by atoms with E-state index in [0.717, 1.165) is 10.8 Å². The standard InChI is InChI=1S/C9H8BNO2/c12-10-13-9-2-1-7-3-4-11-6-8(7)5-9/h1-6,10,12H. The van der Waals surface area contributed by atoms with Gasteiger partial charge in [-0.25, -0.2) is 0 Å². The van der Waals surface area contributed by atoms with Gasteiger partial charge < -0.3 is 9.68 Å². The van der Waals surface area contributed by atoms with Crippen LogP contribution in [-0.2, 0) is 0 Å². The Kier molecular flexibility index (Phi) is 2.14. The van der Waals surface area contributed by atoms with E-state index in [9.17, 15) is 0 Å². The fourth-order valence-electron chi connectivity index (χ4n) is 1.23. The molecule has 0 aliphatic heterocycles. The minimum atomic E-state index is -0.300. The Morgan fingerprint density at radius 1 is 1.23 bits per heavy atom. The molecule has 0 radical (unpaired) electrons. The van der Waals surface area contributed by atoms with Gasteiger partial charge in [-0.15, -0.1) is 0 Å². The van der Waals surface area contributed by atoms with Crippen LogP contribution >= 0.6 is 0 Å². The number of rotatable bonds is 2. The van der Waals surface area contributed by atoms with Gasteiger partial charge in [0.2, 0.25) is 0 Å². The smallest absolute Gasteiger partial charge is 0.504 e. The summed E-state index contributed by atoms with van der Waals surface area (Å²) in [6, 6.07) is 7.52. The molecule has 0 spiro atoms. The molecule has 0 unspecified atom stereocenters. The van der Waals surface area contributed by atoms with Crippen LogP contribution in [-0.4, -0.2) is 17.7 Å². The minimum absolute atomic E-state index is 0.300. The molecule has 0 amide bonds. The Balaban J connectivity index is 2.49. The lowest BCUT2D eigenvalue weighted by Crippen LogP contribution is -1.99. The fourth-order valence-corrected chi connectivity index (χ4v) is 1.23. The van der Waals surface area contributed by atoms with Gasteiger partial charge in [0.25, 0.3) is 0 Å². The molecular weight excluding hydrogens is 165 g/mol. The van der Waals surface area contributed by atoms with Crippen LogP contribution < -0.4 is 4.65 Å². The summed E-state index contributed by atoms with van der Waals surface area (Å²) in [5.41, 5.74) is 0. The SMILES string of the molecule is OBOc1ccc2ccncc2c1. The van der Waals surface area contributed by atoms with Gasteiger partial charge in [-0.1, -0.05) is 6.07 Å². The Morgan fingerprint density at radius 2 is 2.15 bits per heavy atom. The molecule has 13 heavy (non-hydrogen) atoms. The van der Waals surface area contributed by atoms with Crippen LogP contribution in [0.4, 0.5) is 0 Å². The van der Waals surface area contributed by atoms with Crippen molar-refractivity contribution in [2.45, 2.75) is 0 Å². The summed E-state index contributed by atoms with van der Waals surface area (Å²) in [6.07, 6.45) is 3.51. The number of benzene rings is 1. The molecule has 3 nitrogen and oxygen atoms in total. The fraction of sp³-hybridized carbons (Fsp3) is 0. The molecule has 64 valence electrons. The minimum Gasteiger partial charge on any atom is -0.539 e. The third kappa shape index (κ3) is 1.62. The topological polar surface area (TPSA) is 42.4 Å². The summed E-state index contributed by atoms with van der Waals surface area (Å²) in [7, 11) is -0.300. The first-order valence-electron chi connectivity index (χ1n) is 3.97. The lowest BCUT2D eigenvalue weighted by atomic mass is 10.2. The highest BCUT2D eigenvalue weighted by atomic mass is 16.5. The van der Waals surface area contributed by atoms with E-state index in [0.29, 0.717) is 5.75 Å². The zero-order chi connectivity index (χ0) is 9.10. The molecule has 2 aromatic rings. The monoisotopic (exact) mass is 173 g/mol. The normalized spacial score (nSPS) is 9.92. The van der Waals surface area contributed by atoms with E-state index in [1.54, 1.807) is 12.4 Å². The second kappa shape index (κ2) is 3.45. The second-order valence-corrected chi connectivity index (χ2v) is 2.66. The highest BCUT2D eigenvalue weighted by molar-refractivity contribution is 6.17. The Bertz CT molecular complexity index is 419. The summed E-state index contributed by atoms with van der Waals surface area (Å²) in [4.78, 5) is 4.00. The molecule has 1 aromatic heterocycles. The zero-order valence-electron chi connectivity index (χ0n) is 6.97. The van der Waals surface area contributed by atoms with E-state index in [1.165, 1.54) is 0 Å². The summed E-state index contributed by atoms with van der Waals surface area (Å²) in [5, 5.41) is 10.7. The summed E-state index contributed by atoms with van der Waals surface area (Å²) in [6.45, 7) is 0. The van der Waals surface area contributed by atoms with Crippen molar-refractivity contribution in [3.05, 3.63) is 36.7 Å². The Labute approximate surface area is 76.3 Å². The second-order valence-electron chi connectivity index (χ2n) is 2.66. The summed E-state index contributed by atoms with van der Waals surface area (Å²) >= 11 is 0. The lowest BCUT2D eigenvalue weighted by molar-refractivity contribution is 0.454. The molecule has 1 N–H and O–H groups in total. The van der Waals surface area contributed by atoms with Crippen LogP contribution in [0.3, 0.4) is 0 Å². The molecule has 0 atom stereocenters. The predicted molar refractivity (Wildman–Crippen MR) is 51.7 cm³/mol. The van der Waals surface area contributed by atoms with E-state index in [2.05, 4.69) is 4.98 Å². The first kappa shape index (κ1) is 8.07. The third-order valence-corrected chi connectivity index (χ3v) is 1.84. The molecular formula is C9H8BNO2. The van der Waals surface area contributed by atoms with Gasteiger partial charge in [-0.05, 0) is 23.6 Å². The van der Waals surface area contributed by atoms with Crippen molar-refractivity contribution in [2.75, 3.05) is 0 Å². The van der Waals surface area contributed by atoms with Gasteiger partial charge in [0.05, 0.1) is 0 Å². The van der Waals surface area contributed by atoms with Crippen molar-refractivity contribution < 1.29 is 9.68 Å². The van der Waals surface area contributed by atoms with Crippen molar-refractivity contribution in [3.63, 3.8) is 0 Å². The van der Waals surface area contributed by atoms with Gasteiger partial charge in [-0.2, -0.15) is 0 Å². The van der Waals surface area contributed by atoms with Crippen LogP contribution in [0.5, 0.6) is 5.75 Å². The Morgan fingerprint density at radius 3 is 3.00 bits per heavy atom. The molecule has 1 aromatic carbocycles. The predicted octanol–water partition coefficient (Wildman–Crippen LogP) is 0.872. The van der Waals surface area contributed by atoms with Crippen molar-refractivity contribution in [1.82, 2.24) is 4.98 Å². The van der Waals surface area contributed by atoms with E-state index in [1.807, 2.05) is 24.3 Å². The van der Waals surface area contributed by atoms with Gasteiger partial charge in [0.15, 0.2) is 0 Å². The first-order valence-corrected chi connectivity index (χ1v) is 3.97. The average Bonchev–Trinajstić information content (AvgIpc) is 2.18. The van der Waals surface area contributed by atoms with Gasteiger partial charge in [0.1, 0.15) is 5.75 Å². The van der Waals surface area contributed by atoms with E-state index in [-0.39, 0.29) is 7.69 Å². The van der Waals surface area contributed by atoms with Crippen molar-refractivity contribution in [2.24, 2.45) is 0 Å². The molecule has 0 saturated heterocycles. The third-order valence-electron chi connectivity index (χ3n) is 1.84. The largest absolute Gasteiger partial charge is 0.539 e. The summed E-state index contributed by atoms with van der Waals surface area (Å²) < 4.78 is 4.94. The van der Waals surface area contributed by atoms with Crippen LogP contribution in [0, 0.1) is 0 Å². The number of nitrogens with zero attached hydrogens (tertiary/aromatic N) is 1.